The van der Waals surface area contributed by atoms with E-state index in [1.54, 1.807) is 30.4 Å². The highest BCUT2D eigenvalue weighted by Gasteiger charge is 1.94. The monoisotopic (exact) mass is 204 g/mol. The summed E-state index contributed by atoms with van der Waals surface area (Å²) in [6.07, 6.45) is 4.51. The summed E-state index contributed by atoms with van der Waals surface area (Å²) in [5.41, 5.74) is 1.51. The van der Waals surface area contributed by atoms with E-state index in [0.29, 0.717) is 5.56 Å². The predicted octanol–water partition coefficient (Wildman–Crippen LogP) is 2.08. The van der Waals surface area contributed by atoms with Crippen LogP contribution in [0.4, 0.5) is 0 Å². The van der Waals surface area contributed by atoms with Crippen molar-refractivity contribution in [3.8, 4) is 0 Å². The molecule has 0 saturated heterocycles. The summed E-state index contributed by atoms with van der Waals surface area (Å²) in [6, 6.07) is 7.13. The van der Waals surface area contributed by atoms with Crippen molar-refractivity contribution in [2.45, 2.75) is 6.42 Å². The Balaban J connectivity index is 2.63. The molecule has 0 amide bonds. The van der Waals surface area contributed by atoms with Gasteiger partial charge in [-0.3, -0.25) is 9.59 Å². The van der Waals surface area contributed by atoms with Crippen LogP contribution in [0.1, 0.15) is 22.3 Å². The Bertz CT molecular complexity index is 380. The molecule has 0 aliphatic carbocycles. The van der Waals surface area contributed by atoms with E-state index in [1.165, 1.54) is 7.11 Å². The molecule has 1 aromatic rings. The number of esters is 1. The Morgan fingerprint density at radius 3 is 2.80 bits per heavy atom. The third kappa shape index (κ3) is 3.77. The molecule has 78 valence electrons. The van der Waals surface area contributed by atoms with E-state index >= 15 is 0 Å². The Morgan fingerprint density at radius 1 is 1.40 bits per heavy atom. The molecule has 1 aromatic carbocycles. The molecule has 0 aromatic heterocycles. The topological polar surface area (TPSA) is 43.4 Å². The third-order valence-corrected chi connectivity index (χ3v) is 1.87. The summed E-state index contributed by atoms with van der Waals surface area (Å²) in [7, 11) is 1.35. The summed E-state index contributed by atoms with van der Waals surface area (Å²) in [5.74, 6) is -0.280. The van der Waals surface area contributed by atoms with Crippen LogP contribution in [0.5, 0.6) is 0 Å². The van der Waals surface area contributed by atoms with Gasteiger partial charge in [-0.2, -0.15) is 0 Å². The van der Waals surface area contributed by atoms with Crippen LogP contribution < -0.4 is 0 Å². The lowest BCUT2D eigenvalue weighted by atomic mass is 10.1. The van der Waals surface area contributed by atoms with Gasteiger partial charge in [0.05, 0.1) is 13.5 Å². The van der Waals surface area contributed by atoms with E-state index in [2.05, 4.69) is 4.74 Å². The molecule has 0 bridgehead atoms. The van der Waals surface area contributed by atoms with Gasteiger partial charge in [-0.05, 0) is 11.6 Å². The quantitative estimate of drug-likeness (QED) is 0.557. The number of carbonyl (C=O) groups excluding carboxylic acids is 2. The van der Waals surface area contributed by atoms with Gasteiger partial charge in [0, 0.05) is 5.56 Å². The largest absolute Gasteiger partial charge is 0.469 e. The van der Waals surface area contributed by atoms with Crippen molar-refractivity contribution < 1.29 is 14.3 Å². The average molecular weight is 204 g/mol. The molecule has 0 unspecified atom stereocenters. The van der Waals surface area contributed by atoms with E-state index in [9.17, 15) is 9.59 Å². The fourth-order valence-corrected chi connectivity index (χ4v) is 1.11. The maximum Gasteiger partial charge on any atom is 0.309 e. The van der Waals surface area contributed by atoms with Gasteiger partial charge in [-0.25, -0.2) is 0 Å². The molecular formula is C12H12O3. The zero-order valence-electron chi connectivity index (χ0n) is 8.47. The molecule has 0 aliphatic heterocycles. The maximum atomic E-state index is 10.8. The van der Waals surface area contributed by atoms with Gasteiger partial charge < -0.3 is 4.74 Å². The summed E-state index contributed by atoms with van der Waals surface area (Å²) in [5, 5.41) is 0. The van der Waals surface area contributed by atoms with E-state index < -0.39 is 0 Å². The third-order valence-electron chi connectivity index (χ3n) is 1.87. The van der Waals surface area contributed by atoms with Crippen molar-refractivity contribution in [1.82, 2.24) is 0 Å². The van der Waals surface area contributed by atoms with Gasteiger partial charge >= 0.3 is 5.97 Å². The molecule has 0 fully saturated rings. The van der Waals surface area contributed by atoms with Gasteiger partial charge in [0.25, 0.3) is 0 Å². The van der Waals surface area contributed by atoms with Crippen LogP contribution in [0.15, 0.2) is 30.3 Å². The van der Waals surface area contributed by atoms with E-state index in [-0.39, 0.29) is 12.4 Å². The van der Waals surface area contributed by atoms with E-state index in [0.717, 1.165) is 11.8 Å². The van der Waals surface area contributed by atoms with Crippen LogP contribution in [-0.4, -0.2) is 19.4 Å². The van der Waals surface area contributed by atoms with E-state index in [4.69, 9.17) is 0 Å². The van der Waals surface area contributed by atoms with Crippen LogP contribution >= 0.6 is 0 Å². The molecule has 0 atom stereocenters. The van der Waals surface area contributed by atoms with E-state index in [1.807, 2.05) is 6.07 Å². The minimum atomic E-state index is -0.280. The SMILES string of the molecule is COC(=O)CC=Cc1cccc(C=O)c1. The standard InChI is InChI=1S/C12H12O3/c1-15-12(14)7-3-5-10-4-2-6-11(8-10)9-13/h2-6,8-9H,7H2,1H3. The molecule has 0 spiro atoms. The maximum absolute atomic E-state index is 10.8. The average Bonchev–Trinajstić information content (AvgIpc) is 2.29. The minimum Gasteiger partial charge on any atom is -0.469 e. The number of carbonyl (C=O) groups is 2. The van der Waals surface area contributed by atoms with Gasteiger partial charge in [0.1, 0.15) is 6.29 Å². The second kappa shape index (κ2) is 5.75. The smallest absolute Gasteiger partial charge is 0.309 e. The number of methoxy groups -OCH3 is 1. The Kier molecular flexibility index (Phi) is 4.29. The lowest BCUT2D eigenvalue weighted by Crippen LogP contribution is -1.96. The second-order valence-electron chi connectivity index (χ2n) is 2.97. The Labute approximate surface area is 88.4 Å². The number of aldehydes is 1. The zero-order chi connectivity index (χ0) is 11.1. The van der Waals surface area contributed by atoms with Crippen LogP contribution in [0.3, 0.4) is 0 Å². The van der Waals surface area contributed by atoms with Crippen LogP contribution in [0, 0.1) is 0 Å². The number of rotatable bonds is 4. The van der Waals surface area contributed by atoms with Gasteiger partial charge in [-0.1, -0.05) is 30.4 Å². The fourth-order valence-electron chi connectivity index (χ4n) is 1.11. The highest BCUT2D eigenvalue weighted by Crippen LogP contribution is 2.05. The zero-order valence-corrected chi connectivity index (χ0v) is 8.47. The first-order valence-corrected chi connectivity index (χ1v) is 4.55. The van der Waals surface area contributed by atoms with Crippen molar-refractivity contribution in [1.29, 1.82) is 0 Å². The van der Waals surface area contributed by atoms with Crippen molar-refractivity contribution in [2.24, 2.45) is 0 Å². The highest BCUT2D eigenvalue weighted by molar-refractivity contribution is 5.77. The summed E-state index contributed by atoms with van der Waals surface area (Å²) >= 11 is 0. The minimum absolute atomic E-state index is 0.238. The lowest BCUT2D eigenvalue weighted by molar-refractivity contribution is -0.139. The molecule has 1 rings (SSSR count). The summed E-state index contributed by atoms with van der Waals surface area (Å²) < 4.78 is 4.49. The second-order valence-corrected chi connectivity index (χ2v) is 2.97. The Morgan fingerprint density at radius 2 is 2.13 bits per heavy atom. The first-order valence-electron chi connectivity index (χ1n) is 4.55. The van der Waals surface area contributed by atoms with Crippen LogP contribution in [0.2, 0.25) is 0 Å². The molecule has 0 heterocycles. The van der Waals surface area contributed by atoms with Gasteiger partial charge in [0.15, 0.2) is 0 Å². The number of benzene rings is 1. The molecule has 3 heteroatoms. The van der Waals surface area contributed by atoms with Crippen molar-refractivity contribution in [3.63, 3.8) is 0 Å². The number of hydrogen-bond donors (Lipinski definition) is 0. The molecule has 0 radical (unpaired) electrons. The van der Waals surface area contributed by atoms with Crippen molar-refractivity contribution in [2.75, 3.05) is 7.11 Å². The molecule has 3 nitrogen and oxygen atoms in total. The van der Waals surface area contributed by atoms with Crippen LogP contribution in [-0.2, 0) is 9.53 Å². The molecule has 0 N–H and O–H groups in total. The normalized spacial score (nSPS) is 10.2. The number of hydrogen-bond acceptors (Lipinski definition) is 3. The fraction of sp³-hybridized carbons (Fsp3) is 0.167. The first kappa shape index (κ1) is 11.2. The summed E-state index contributed by atoms with van der Waals surface area (Å²) in [4.78, 5) is 21.3. The van der Waals surface area contributed by atoms with Gasteiger partial charge in [-0.15, -0.1) is 0 Å². The lowest BCUT2D eigenvalue weighted by Gasteiger charge is -1.95. The summed E-state index contributed by atoms with van der Waals surface area (Å²) in [6.45, 7) is 0. The predicted molar refractivity (Wildman–Crippen MR) is 57.5 cm³/mol. The Hall–Kier alpha value is -1.90. The van der Waals surface area contributed by atoms with Gasteiger partial charge in [0.2, 0.25) is 0 Å². The molecule has 0 aliphatic rings. The van der Waals surface area contributed by atoms with Crippen molar-refractivity contribution >= 4 is 18.3 Å². The molecule has 0 saturated carbocycles. The van der Waals surface area contributed by atoms with Crippen LogP contribution in [0.25, 0.3) is 6.08 Å². The number of ether oxygens (including phenoxy) is 1. The molecular weight excluding hydrogens is 192 g/mol. The first-order chi connectivity index (χ1) is 7.26. The van der Waals surface area contributed by atoms with Crippen molar-refractivity contribution in [3.05, 3.63) is 41.5 Å². The molecule has 15 heavy (non-hydrogen) atoms. The highest BCUT2D eigenvalue weighted by atomic mass is 16.5.